The fourth-order valence-corrected chi connectivity index (χ4v) is 1.10. The molecule has 11 heavy (non-hydrogen) atoms. The second-order valence-electron chi connectivity index (χ2n) is 2.91. The third kappa shape index (κ3) is 2.12. The molecular formula is C8H16N2O. The van der Waals surface area contributed by atoms with Gasteiger partial charge in [0.1, 0.15) is 0 Å². The molecule has 3 heteroatoms. The first kappa shape index (κ1) is 8.40. The molecule has 1 rings (SSSR count). The lowest BCUT2D eigenvalue weighted by Gasteiger charge is -2.33. The largest absolute Gasteiger partial charge is 0.378 e. The van der Waals surface area contributed by atoms with Crippen LogP contribution in [0.5, 0.6) is 0 Å². The van der Waals surface area contributed by atoms with Crippen molar-refractivity contribution in [1.29, 1.82) is 0 Å². The van der Waals surface area contributed by atoms with Crippen LogP contribution < -0.4 is 0 Å². The van der Waals surface area contributed by atoms with Crippen LogP contribution in [0.2, 0.25) is 0 Å². The minimum Gasteiger partial charge on any atom is -0.378 e. The molecule has 0 saturated carbocycles. The van der Waals surface area contributed by atoms with Crippen LogP contribution in [-0.2, 0) is 4.74 Å². The molecule has 1 heterocycles. The lowest BCUT2D eigenvalue weighted by molar-refractivity contribution is 0.0427. The van der Waals surface area contributed by atoms with Crippen molar-refractivity contribution in [3.63, 3.8) is 0 Å². The molecule has 0 spiro atoms. The molecule has 0 unspecified atom stereocenters. The van der Waals surface area contributed by atoms with Gasteiger partial charge in [-0.25, -0.2) is 0 Å². The Morgan fingerprint density at radius 3 is 2.36 bits per heavy atom. The van der Waals surface area contributed by atoms with Crippen molar-refractivity contribution in [2.24, 2.45) is 0 Å². The Labute approximate surface area is 68.2 Å². The van der Waals surface area contributed by atoms with Crippen molar-refractivity contribution >= 4 is 0 Å². The highest BCUT2D eigenvalue weighted by Crippen LogP contribution is 2.06. The molecule has 0 radical (unpaired) electrons. The topological polar surface area (TPSA) is 15.7 Å². The summed E-state index contributed by atoms with van der Waals surface area (Å²) in [5.41, 5.74) is 0. The Balaban J connectivity index is 2.39. The van der Waals surface area contributed by atoms with Crippen LogP contribution in [0.25, 0.3) is 0 Å². The van der Waals surface area contributed by atoms with Crippen LogP contribution in [-0.4, -0.2) is 50.2 Å². The van der Waals surface area contributed by atoms with Crippen LogP contribution in [0.15, 0.2) is 12.4 Å². The number of nitrogens with zero attached hydrogens (tertiary/aromatic N) is 2. The molecule has 0 aliphatic carbocycles. The van der Waals surface area contributed by atoms with Crippen molar-refractivity contribution in [3.05, 3.63) is 12.4 Å². The molecule has 0 amide bonds. The van der Waals surface area contributed by atoms with Gasteiger partial charge in [0.15, 0.2) is 0 Å². The molecule has 0 aromatic rings. The summed E-state index contributed by atoms with van der Waals surface area (Å²) in [5, 5.41) is 0. The van der Waals surface area contributed by atoms with E-state index in [0.29, 0.717) is 0 Å². The maximum Gasteiger partial charge on any atom is 0.0961 e. The fourth-order valence-electron chi connectivity index (χ4n) is 1.10. The maximum absolute atomic E-state index is 5.23. The second kappa shape index (κ2) is 3.62. The van der Waals surface area contributed by atoms with Gasteiger partial charge >= 0.3 is 0 Å². The Morgan fingerprint density at radius 2 is 1.91 bits per heavy atom. The Bertz CT molecular complexity index is 139. The number of rotatable bonds is 2. The van der Waals surface area contributed by atoms with E-state index in [1.54, 1.807) is 0 Å². The van der Waals surface area contributed by atoms with Gasteiger partial charge in [0.25, 0.3) is 0 Å². The van der Waals surface area contributed by atoms with Gasteiger partial charge in [0.05, 0.1) is 19.0 Å². The van der Waals surface area contributed by atoms with Crippen molar-refractivity contribution in [2.75, 3.05) is 40.4 Å². The van der Waals surface area contributed by atoms with Gasteiger partial charge < -0.3 is 14.5 Å². The molecule has 1 aliphatic rings. The first-order chi connectivity index (χ1) is 5.22. The summed E-state index contributed by atoms with van der Waals surface area (Å²) in [6, 6.07) is 0. The standard InChI is InChI=1S/C8H16N2O/c1-8(9(2)3)10-4-6-11-7-5-10/h1,4-7H2,2-3H3. The first-order valence-electron chi connectivity index (χ1n) is 3.90. The summed E-state index contributed by atoms with van der Waals surface area (Å²) < 4.78 is 5.23. The molecule has 1 fully saturated rings. The summed E-state index contributed by atoms with van der Waals surface area (Å²) in [4.78, 5) is 4.27. The van der Waals surface area contributed by atoms with E-state index < -0.39 is 0 Å². The highest BCUT2D eigenvalue weighted by atomic mass is 16.5. The lowest BCUT2D eigenvalue weighted by Crippen LogP contribution is -2.39. The van der Waals surface area contributed by atoms with Gasteiger partial charge in [-0.1, -0.05) is 6.58 Å². The van der Waals surface area contributed by atoms with Gasteiger partial charge in [-0.05, 0) is 0 Å². The Kier molecular flexibility index (Phi) is 2.76. The highest BCUT2D eigenvalue weighted by Gasteiger charge is 2.12. The smallest absolute Gasteiger partial charge is 0.0961 e. The lowest BCUT2D eigenvalue weighted by atomic mass is 10.4. The summed E-state index contributed by atoms with van der Waals surface area (Å²) >= 11 is 0. The molecule has 1 aliphatic heterocycles. The average molecular weight is 156 g/mol. The molecule has 64 valence electrons. The number of hydrogen-bond donors (Lipinski definition) is 0. The minimum absolute atomic E-state index is 0.826. The van der Waals surface area contributed by atoms with Crippen LogP contribution in [0, 0.1) is 0 Å². The van der Waals surface area contributed by atoms with Gasteiger partial charge in [-0.2, -0.15) is 0 Å². The number of ether oxygens (including phenoxy) is 1. The SMILES string of the molecule is C=C(N(C)C)N1CCOCC1. The third-order valence-electron chi connectivity index (χ3n) is 1.89. The van der Waals surface area contributed by atoms with E-state index in [2.05, 4.69) is 11.5 Å². The van der Waals surface area contributed by atoms with E-state index in [0.717, 1.165) is 32.1 Å². The Morgan fingerprint density at radius 1 is 1.36 bits per heavy atom. The molecule has 0 aromatic carbocycles. The van der Waals surface area contributed by atoms with Crippen LogP contribution in [0.4, 0.5) is 0 Å². The number of morpholine rings is 1. The van der Waals surface area contributed by atoms with E-state index in [4.69, 9.17) is 4.74 Å². The summed E-state index contributed by atoms with van der Waals surface area (Å²) in [6.45, 7) is 7.57. The molecule has 0 bridgehead atoms. The molecule has 1 saturated heterocycles. The second-order valence-corrected chi connectivity index (χ2v) is 2.91. The first-order valence-corrected chi connectivity index (χ1v) is 3.90. The number of hydrogen-bond acceptors (Lipinski definition) is 3. The normalized spacial score (nSPS) is 18.2. The van der Waals surface area contributed by atoms with Crippen LogP contribution in [0.3, 0.4) is 0 Å². The van der Waals surface area contributed by atoms with E-state index in [1.165, 1.54) is 0 Å². The summed E-state index contributed by atoms with van der Waals surface area (Å²) in [6.07, 6.45) is 0. The molecular weight excluding hydrogens is 140 g/mol. The summed E-state index contributed by atoms with van der Waals surface area (Å²) in [7, 11) is 4.02. The molecule has 0 aromatic heterocycles. The summed E-state index contributed by atoms with van der Waals surface area (Å²) in [5.74, 6) is 1.08. The Hall–Kier alpha value is -0.700. The predicted octanol–water partition coefficient (Wildman–Crippen LogP) is 0.351. The van der Waals surface area contributed by atoms with E-state index in [9.17, 15) is 0 Å². The molecule has 0 atom stereocenters. The van der Waals surface area contributed by atoms with E-state index >= 15 is 0 Å². The zero-order chi connectivity index (χ0) is 8.27. The predicted molar refractivity (Wildman–Crippen MR) is 45.2 cm³/mol. The monoisotopic (exact) mass is 156 g/mol. The van der Waals surface area contributed by atoms with Crippen molar-refractivity contribution in [3.8, 4) is 0 Å². The zero-order valence-corrected chi connectivity index (χ0v) is 7.34. The maximum atomic E-state index is 5.23. The van der Waals surface area contributed by atoms with E-state index in [1.807, 2.05) is 19.0 Å². The third-order valence-corrected chi connectivity index (χ3v) is 1.89. The van der Waals surface area contributed by atoms with Gasteiger partial charge in [0.2, 0.25) is 0 Å². The molecule has 3 nitrogen and oxygen atoms in total. The van der Waals surface area contributed by atoms with Crippen LogP contribution in [0.1, 0.15) is 0 Å². The quantitative estimate of drug-likeness (QED) is 0.574. The average Bonchev–Trinajstić information content (AvgIpc) is 2.05. The van der Waals surface area contributed by atoms with Crippen molar-refractivity contribution < 1.29 is 4.74 Å². The van der Waals surface area contributed by atoms with Gasteiger partial charge in [0, 0.05) is 27.2 Å². The van der Waals surface area contributed by atoms with Gasteiger partial charge in [-0.3, -0.25) is 0 Å². The van der Waals surface area contributed by atoms with Crippen LogP contribution >= 0.6 is 0 Å². The highest BCUT2D eigenvalue weighted by molar-refractivity contribution is 4.91. The van der Waals surface area contributed by atoms with Crippen molar-refractivity contribution in [1.82, 2.24) is 9.80 Å². The zero-order valence-electron chi connectivity index (χ0n) is 7.34. The van der Waals surface area contributed by atoms with Gasteiger partial charge in [-0.15, -0.1) is 0 Å². The fraction of sp³-hybridized carbons (Fsp3) is 0.750. The molecule has 0 N–H and O–H groups in total. The minimum atomic E-state index is 0.826. The van der Waals surface area contributed by atoms with Crippen molar-refractivity contribution in [2.45, 2.75) is 0 Å². The van der Waals surface area contributed by atoms with E-state index in [-0.39, 0.29) is 0 Å².